The van der Waals surface area contributed by atoms with Gasteiger partial charge < -0.3 is 20.3 Å². The van der Waals surface area contributed by atoms with Crippen LogP contribution in [0.3, 0.4) is 0 Å². The maximum Gasteiger partial charge on any atom is 0.159 e. The van der Waals surface area contributed by atoms with Gasteiger partial charge in [-0.2, -0.15) is 0 Å². The third-order valence-electron chi connectivity index (χ3n) is 3.48. The molecule has 6 heteroatoms. The van der Waals surface area contributed by atoms with Gasteiger partial charge in [-0.25, -0.2) is 8.78 Å². The van der Waals surface area contributed by atoms with E-state index in [1.54, 1.807) is 14.0 Å². The van der Waals surface area contributed by atoms with Crippen LogP contribution in [0.4, 0.5) is 8.78 Å². The molecule has 0 spiro atoms. The number of rotatable bonds is 3. The van der Waals surface area contributed by atoms with Crippen molar-refractivity contribution in [2.75, 3.05) is 7.05 Å². The second-order valence-electron chi connectivity index (χ2n) is 4.73. The Balaban J connectivity index is 2.27. The minimum atomic E-state index is -1.08. The molecule has 0 bridgehead atoms. The molecule has 4 nitrogen and oxygen atoms in total. The summed E-state index contributed by atoms with van der Waals surface area (Å²) in [5, 5.41) is 22.5. The molecule has 1 saturated heterocycles. The SMILES string of the molecule is CN[C@H](c1ccc(F)c(F)c1)[C@H]1O[C@@H](C)[C@H](O)[C@@H]1O. The molecule has 1 fully saturated rings. The molecule has 106 valence electrons. The van der Waals surface area contributed by atoms with Crippen LogP contribution in [0.15, 0.2) is 18.2 Å². The average molecular weight is 273 g/mol. The van der Waals surface area contributed by atoms with Crippen molar-refractivity contribution < 1.29 is 23.7 Å². The van der Waals surface area contributed by atoms with Crippen molar-refractivity contribution in [3.05, 3.63) is 35.4 Å². The van der Waals surface area contributed by atoms with Gasteiger partial charge in [0.2, 0.25) is 0 Å². The van der Waals surface area contributed by atoms with E-state index in [1.807, 2.05) is 0 Å². The highest BCUT2D eigenvalue weighted by molar-refractivity contribution is 5.23. The fraction of sp³-hybridized carbons (Fsp3) is 0.538. The van der Waals surface area contributed by atoms with Crippen molar-refractivity contribution in [2.45, 2.75) is 37.4 Å². The van der Waals surface area contributed by atoms with Gasteiger partial charge in [0.05, 0.1) is 12.1 Å². The normalized spacial score (nSPS) is 32.5. The molecule has 1 aliphatic rings. The fourth-order valence-corrected chi connectivity index (χ4v) is 2.38. The summed E-state index contributed by atoms with van der Waals surface area (Å²) in [4.78, 5) is 0. The Morgan fingerprint density at radius 1 is 1.21 bits per heavy atom. The molecule has 3 N–H and O–H groups in total. The van der Waals surface area contributed by atoms with Crippen LogP contribution in [-0.2, 0) is 4.74 Å². The Bertz CT molecular complexity index is 458. The maximum absolute atomic E-state index is 13.3. The van der Waals surface area contributed by atoms with Crippen molar-refractivity contribution >= 4 is 0 Å². The minimum Gasteiger partial charge on any atom is -0.388 e. The number of benzene rings is 1. The number of likely N-dealkylation sites (N-methyl/N-ethyl adjacent to an activating group) is 1. The van der Waals surface area contributed by atoms with E-state index in [-0.39, 0.29) is 0 Å². The van der Waals surface area contributed by atoms with Crippen molar-refractivity contribution in [2.24, 2.45) is 0 Å². The molecule has 19 heavy (non-hydrogen) atoms. The zero-order chi connectivity index (χ0) is 14.2. The topological polar surface area (TPSA) is 61.7 Å². The van der Waals surface area contributed by atoms with E-state index in [9.17, 15) is 19.0 Å². The molecular weight excluding hydrogens is 256 g/mol. The van der Waals surface area contributed by atoms with Gasteiger partial charge in [-0.3, -0.25) is 0 Å². The number of hydrogen-bond acceptors (Lipinski definition) is 4. The zero-order valence-corrected chi connectivity index (χ0v) is 10.7. The summed E-state index contributed by atoms with van der Waals surface area (Å²) in [5.74, 6) is -1.89. The summed E-state index contributed by atoms with van der Waals surface area (Å²) in [5.41, 5.74) is 0.451. The van der Waals surface area contributed by atoms with Gasteiger partial charge in [-0.1, -0.05) is 6.07 Å². The van der Waals surface area contributed by atoms with Crippen molar-refractivity contribution in [1.29, 1.82) is 0 Å². The lowest BCUT2D eigenvalue weighted by atomic mass is 9.96. The van der Waals surface area contributed by atoms with Crippen molar-refractivity contribution in [3.63, 3.8) is 0 Å². The highest BCUT2D eigenvalue weighted by Gasteiger charge is 2.44. The van der Waals surface area contributed by atoms with E-state index in [1.165, 1.54) is 6.07 Å². The highest BCUT2D eigenvalue weighted by atomic mass is 19.2. The second-order valence-corrected chi connectivity index (χ2v) is 4.73. The van der Waals surface area contributed by atoms with E-state index in [0.29, 0.717) is 5.56 Å². The van der Waals surface area contributed by atoms with Crippen LogP contribution in [0.1, 0.15) is 18.5 Å². The van der Waals surface area contributed by atoms with E-state index < -0.39 is 42.1 Å². The van der Waals surface area contributed by atoms with Gasteiger partial charge in [0, 0.05) is 0 Å². The molecule has 1 aromatic rings. The van der Waals surface area contributed by atoms with E-state index >= 15 is 0 Å². The molecule has 1 heterocycles. The van der Waals surface area contributed by atoms with Gasteiger partial charge in [0.15, 0.2) is 11.6 Å². The average Bonchev–Trinajstić information content (AvgIpc) is 2.63. The van der Waals surface area contributed by atoms with Crippen LogP contribution in [0, 0.1) is 11.6 Å². The molecule has 5 atom stereocenters. The number of hydrogen-bond donors (Lipinski definition) is 3. The number of ether oxygens (including phenoxy) is 1. The third-order valence-corrected chi connectivity index (χ3v) is 3.48. The van der Waals surface area contributed by atoms with Crippen molar-refractivity contribution in [1.82, 2.24) is 5.32 Å². The van der Waals surface area contributed by atoms with E-state index in [2.05, 4.69) is 5.32 Å². The van der Waals surface area contributed by atoms with Gasteiger partial charge in [0.25, 0.3) is 0 Å². The first kappa shape index (κ1) is 14.3. The first-order valence-corrected chi connectivity index (χ1v) is 6.09. The number of halogens is 2. The number of aliphatic hydroxyl groups excluding tert-OH is 2. The molecule has 1 aromatic carbocycles. The summed E-state index contributed by atoms with van der Waals surface area (Å²) in [6, 6.07) is 2.97. The van der Waals surface area contributed by atoms with Crippen LogP contribution >= 0.6 is 0 Å². The van der Waals surface area contributed by atoms with Crippen LogP contribution in [0.5, 0.6) is 0 Å². The molecule has 0 amide bonds. The number of aliphatic hydroxyl groups is 2. The summed E-state index contributed by atoms with van der Waals surface area (Å²) < 4.78 is 31.7. The molecule has 1 aliphatic heterocycles. The fourth-order valence-electron chi connectivity index (χ4n) is 2.38. The highest BCUT2D eigenvalue weighted by Crippen LogP contribution is 2.31. The lowest BCUT2D eigenvalue weighted by Gasteiger charge is -2.25. The van der Waals surface area contributed by atoms with Crippen LogP contribution in [0.2, 0.25) is 0 Å². The molecule has 0 unspecified atom stereocenters. The lowest BCUT2D eigenvalue weighted by molar-refractivity contribution is -0.00662. The van der Waals surface area contributed by atoms with Crippen LogP contribution < -0.4 is 5.32 Å². The molecule has 0 radical (unpaired) electrons. The van der Waals surface area contributed by atoms with E-state index in [0.717, 1.165) is 12.1 Å². The largest absolute Gasteiger partial charge is 0.388 e. The van der Waals surface area contributed by atoms with Crippen LogP contribution in [-0.4, -0.2) is 41.7 Å². The number of nitrogens with one attached hydrogen (secondary N) is 1. The molecule has 0 aliphatic carbocycles. The Kier molecular flexibility index (Phi) is 4.15. The van der Waals surface area contributed by atoms with Gasteiger partial charge in [-0.05, 0) is 31.7 Å². The maximum atomic E-state index is 13.3. The first-order chi connectivity index (χ1) is 8.95. The third kappa shape index (κ3) is 2.62. The Morgan fingerprint density at radius 3 is 2.37 bits per heavy atom. The van der Waals surface area contributed by atoms with Crippen LogP contribution in [0.25, 0.3) is 0 Å². The Labute approximate surface area is 110 Å². The Hall–Kier alpha value is -1.08. The molecular formula is C13H17F2NO3. The summed E-state index contributed by atoms with van der Waals surface area (Å²) in [6.07, 6.45) is -3.31. The smallest absolute Gasteiger partial charge is 0.159 e. The predicted octanol–water partition coefficient (Wildman–Crippen LogP) is 0.734. The van der Waals surface area contributed by atoms with Crippen molar-refractivity contribution in [3.8, 4) is 0 Å². The standard InChI is InChI=1S/C13H17F2NO3/c1-6-11(17)12(18)13(19-6)10(16-2)7-3-4-8(14)9(15)5-7/h3-6,10-13,16-18H,1-2H3/t6-,10+,11-,12-,13+/m0/s1. The van der Waals surface area contributed by atoms with E-state index in [4.69, 9.17) is 4.74 Å². The second kappa shape index (κ2) is 5.50. The summed E-state index contributed by atoms with van der Waals surface area (Å²) in [7, 11) is 1.62. The quantitative estimate of drug-likeness (QED) is 0.760. The monoisotopic (exact) mass is 273 g/mol. The first-order valence-electron chi connectivity index (χ1n) is 6.09. The van der Waals surface area contributed by atoms with Gasteiger partial charge in [-0.15, -0.1) is 0 Å². The Morgan fingerprint density at radius 2 is 1.89 bits per heavy atom. The molecule has 2 rings (SSSR count). The lowest BCUT2D eigenvalue weighted by Crippen LogP contribution is -2.39. The summed E-state index contributed by atoms with van der Waals surface area (Å²) in [6.45, 7) is 1.64. The minimum absolute atomic E-state index is 0.451. The van der Waals surface area contributed by atoms with Gasteiger partial charge >= 0.3 is 0 Å². The molecule has 0 saturated carbocycles. The van der Waals surface area contributed by atoms with Gasteiger partial charge in [0.1, 0.15) is 18.3 Å². The zero-order valence-electron chi connectivity index (χ0n) is 10.7. The molecule has 0 aromatic heterocycles. The summed E-state index contributed by atoms with van der Waals surface area (Å²) >= 11 is 0. The predicted molar refractivity (Wildman–Crippen MR) is 64.5 cm³/mol.